The summed E-state index contributed by atoms with van der Waals surface area (Å²) in [7, 11) is 5.92. The van der Waals surface area contributed by atoms with E-state index < -0.39 is 24.3 Å². The number of carboxylic acids is 1. The Morgan fingerprint density at radius 1 is 0.417 bits per heavy atom. The summed E-state index contributed by atoms with van der Waals surface area (Å²) in [6.45, 7) is 4.75. The first-order chi connectivity index (χ1) is 35.1. The molecule has 0 bridgehead atoms. The lowest BCUT2D eigenvalue weighted by Gasteiger charge is -2.26. The number of ether oxygens (including phenoxy) is 4. The van der Waals surface area contributed by atoms with Crippen LogP contribution in [0.5, 0.6) is 0 Å². The second kappa shape index (κ2) is 54.8. The van der Waals surface area contributed by atoms with Gasteiger partial charge in [-0.05, 0) is 70.6 Å². The van der Waals surface area contributed by atoms with E-state index in [-0.39, 0.29) is 32.2 Å². The minimum Gasteiger partial charge on any atom is -0.545 e. The van der Waals surface area contributed by atoms with E-state index in [2.05, 4.69) is 50.3 Å². The second-order valence-corrected chi connectivity index (χ2v) is 22.0. The molecule has 0 heterocycles. The number of carbonyl (C=O) groups is 3. The van der Waals surface area contributed by atoms with E-state index in [4.69, 9.17) is 18.9 Å². The Bertz CT molecular complexity index is 1270. The molecule has 0 saturated heterocycles. The standard InChI is InChI=1S/C63H117NO8/c1-6-8-10-12-14-16-18-20-22-24-25-26-27-28-29-30-31-32-33-34-35-36-37-38-40-41-43-45-47-49-51-53-60(65)70-57-59(58-71-63(62(67)68)69-56-55-64(3,4)5)72-61(66)54-52-50-48-46-44-42-39-23-21-19-17-15-13-11-9-7-2/h17,19,23-25,39,59,63H,6-16,18,20-22,26-38,40-58H2,1-5H3/b19-17-,25-24-,39-23-. The summed E-state index contributed by atoms with van der Waals surface area (Å²) in [5.74, 6) is -2.29. The van der Waals surface area contributed by atoms with Crippen LogP contribution < -0.4 is 5.11 Å². The Hall–Kier alpha value is -2.49. The maximum absolute atomic E-state index is 12.8. The molecule has 0 aliphatic rings. The van der Waals surface area contributed by atoms with E-state index >= 15 is 0 Å². The predicted octanol–water partition coefficient (Wildman–Crippen LogP) is 16.7. The molecule has 0 rings (SSSR count). The van der Waals surface area contributed by atoms with E-state index in [0.29, 0.717) is 23.9 Å². The number of carboxylic acid groups (broad SMARTS) is 1. The van der Waals surface area contributed by atoms with Crippen LogP contribution in [0.25, 0.3) is 0 Å². The highest BCUT2D eigenvalue weighted by Gasteiger charge is 2.22. The molecule has 0 spiro atoms. The lowest BCUT2D eigenvalue weighted by molar-refractivity contribution is -0.870. The SMILES string of the molecule is CCCCCC/C=C\C/C=C\CCCCCCCC(=O)OC(COC(=O)CCCCCCCCCCCCCCCCCCCCC/C=C\CCCCCCCCCC)COC(OCC[N+](C)(C)C)C(=O)[O-]. The molecule has 0 aliphatic carbocycles. The number of allylic oxidation sites excluding steroid dienone is 6. The Balaban J connectivity index is 4.09. The van der Waals surface area contributed by atoms with Gasteiger partial charge in [-0.25, -0.2) is 0 Å². The highest BCUT2D eigenvalue weighted by molar-refractivity contribution is 5.70. The van der Waals surface area contributed by atoms with Crippen molar-refractivity contribution < 1.29 is 42.9 Å². The van der Waals surface area contributed by atoms with Gasteiger partial charge in [0.1, 0.15) is 13.2 Å². The van der Waals surface area contributed by atoms with Crippen LogP contribution in [0.4, 0.5) is 0 Å². The number of carbonyl (C=O) groups excluding carboxylic acids is 3. The van der Waals surface area contributed by atoms with Crippen molar-refractivity contribution in [3.63, 3.8) is 0 Å². The smallest absolute Gasteiger partial charge is 0.306 e. The van der Waals surface area contributed by atoms with Gasteiger partial charge >= 0.3 is 11.9 Å². The second-order valence-electron chi connectivity index (χ2n) is 22.0. The molecule has 0 saturated carbocycles. The van der Waals surface area contributed by atoms with Gasteiger partial charge in [0.15, 0.2) is 12.4 Å². The Labute approximate surface area is 445 Å². The van der Waals surface area contributed by atoms with Gasteiger partial charge in [0, 0.05) is 12.8 Å². The fraction of sp³-hybridized carbons (Fsp3) is 0.857. The molecule has 2 atom stereocenters. The zero-order chi connectivity index (χ0) is 52.7. The van der Waals surface area contributed by atoms with Crippen molar-refractivity contribution in [3.05, 3.63) is 36.5 Å². The highest BCUT2D eigenvalue weighted by atomic mass is 16.7. The zero-order valence-electron chi connectivity index (χ0n) is 48.1. The first-order valence-corrected chi connectivity index (χ1v) is 30.6. The summed E-state index contributed by atoms with van der Waals surface area (Å²) in [4.78, 5) is 37.3. The molecule has 422 valence electrons. The highest BCUT2D eigenvalue weighted by Crippen LogP contribution is 2.17. The van der Waals surface area contributed by atoms with Gasteiger partial charge in [-0.15, -0.1) is 0 Å². The Morgan fingerprint density at radius 2 is 0.750 bits per heavy atom. The third kappa shape index (κ3) is 55.3. The summed E-state index contributed by atoms with van der Waals surface area (Å²) in [5.41, 5.74) is 0. The summed E-state index contributed by atoms with van der Waals surface area (Å²) in [6, 6.07) is 0. The van der Waals surface area contributed by atoms with Crippen LogP contribution in [0.3, 0.4) is 0 Å². The zero-order valence-corrected chi connectivity index (χ0v) is 48.1. The number of rotatable bonds is 57. The van der Waals surface area contributed by atoms with Gasteiger partial charge in [-0.2, -0.15) is 0 Å². The molecule has 2 unspecified atom stereocenters. The number of hydrogen-bond donors (Lipinski definition) is 0. The van der Waals surface area contributed by atoms with Crippen LogP contribution in [0.1, 0.15) is 290 Å². The van der Waals surface area contributed by atoms with E-state index in [1.54, 1.807) is 0 Å². The van der Waals surface area contributed by atoms with E-state index in [1.165, 1.54) is 199 Å². The number of nitrogens with zero attached hydrogens (tertiary/aromatic N) is 1. The predicted molar refractivity (Wildman–Crippen MR) is 302 cm³/mol. The van der Waals surface area contributed by atoms with Crippen molar-refractivity contribution in [1.29, 1.82) is 0 Å². The van der Waals surface area contributed by atoms with Crippen LogP contribution in [0.15, 0.2) is 36.5 Å². The fourth-order valence-corrected chi connectivity index (χ4v) is 8.86. The van der Waals surface area contributed by atoms with Crippen molar-refractivity contribution in [1.82, 2.24) is 0 Å². The van der Waals surface area contributed by atoms with Gasteiger partial charge in [-0.1, -0.05) is 243 Å². The van der Waals surface area contributed by atoms with Crippen molar-refractivity contribution in [2.75, 3.05) is 47.5 Å². The average molecular weight is 1020 g/mol. The van der Waals surface area contributed by atoms with Gasteiger partial charge in [0.05, 0.1) is 40.3 Å². The summed E-state index contributed by atoms with van der Waals surface area (Å²) in [5, 5.41) is 11.8. The van der Waals surface area contributed by atoms with Crippen molar-refractivity contribution in [3.8, 4) is 0 Å². The van der Waals surface area contributed by atoms with Gasteiger partial charge in [0.25, 0.3) is 0 Å². The lowest BCUT2D eigenvalue weighted by Crippen LogP contribution is -2.44. The molecule has 0 fully saturated rings. The van der Waals surface area contributed by atoms with Crippen LogP contribution in [-0.2, 0) is 33.3 Å². The summed E-state index contributed by atoms with van der Waals surface area (Å²) < 4.78 is 22.7. The van der Waals surface area contributed by atoms with Gasteiger partial charge in [-0.3, -0.25) is 9.59 Å². The van der Waals surface area contributed by atoms with Gasteiger partial charge < -0.3 is 33.3 Å². The van der Waals surface area contributed by atoms with Crippen LogP contribution in [-0.4, -0.2) is 82.3 Å². The van der Waals surface area contributed by atoms with E-state index in [1.807, 2.05) is 21.1 Å². The molecule has 0 amide bonds. The van der Waals surface area contributed by atoms with Crippen LogP contribution in [0, 0.1) is 0 Å². The average Bonchev–Trinajstić information content (AvgIpc) is 3.35. The lowest BCUT2D eigenvalue weighted by atomic mass is 10.0. The molecule has 9 heteroatoms. The Morgan fingerprint density at radius 3 is 1.12 bits per heavy atom. The molecule has 0 aromatic carbocycles. The first kappa shape index (κ1) is 69.5. The van der Waals surface area contributed by atoms with Gasteiger partial charge in [0.2, 0.25) is 0 Å². The largest absolute Gasteiger partial charge is 0.545 e. The number of likely N-dealkylation sites (N-methyl/N-ethyl adjacent to an activating group) is 1. The number of quaternary nitrogens is 1. The number of esters is 2. The quantitative estimate of drug-likeness (QED) is 0.0195. The normalized spacial score (nSPS) is 13.0. The van der Waals surface area contributed by atoms with Crippen molar-refractivity contribution in [2.24, 2.45) is 0 Å². The molecule has 0 aromatic heterocycles. The topological polar surface area (TPSA) is 111 Å². The van der Waals surface area contributed by atoms with E-state index in [0.717, 1.165) is 57.8 Å². The summed E-state index contributed by atoms with van der Waals surface area (Å²) in [6.07, 6.45) is 63.6. The van der Waals surface area contributed by atoms with Crippen LogP contribution >= 0.6 is 0 Å². The third-order valence-corrected chi connectivity index (χ3v) is 13.6. The summed E-state index contributed by atoms with van der Waals surface area (Å²) >= 11 is 0. The maximum Gasteiger partial charge on any atom is 0.306 e. The number of aliphatic carboxylic acids is 1. The number of unbranched alkanes of at least 4 members (excludes halogenated alkanes) is 36. The monoisotopic (exact) mass is 1020 g/mol. The van der Waals surface area contributed by atoms with Crippen molar-refractivity contribution in [2.45, 2.75) is 302 Å². The first-order valence-electron chi connectivity index (χ1n) is 30.6. The molecule has 72 heavy (non-hydrogen) atoms. The molecular formula is C63H117NO8. The van der Waals surface area contributed by atoms with Crippen molar-refractivity contribution >= 4 is 17.9 Å². The molecular weight excluding hydrogens is 899 g/mol. The third-order valence-electron chi connectivity index (χ3n) is 13.6. The van der Waals surface area contributed by atoms with Crippen LogP contribution in [0.2, 0.25) is 0 Å². The minimum absolute atomic E-state index is 0.146. The maximum atomic E-state index is 12.8. The Kier molecular flexibility index (Phi) is 52.9. The molecule has 0 radical (unpaired) electrons. The van der Waals surface area contributed by atoms with E-state index in [9.17, 15) is 19.5 Å². The molecule has 0 aliphatic heterocycles. The minimum atomic E-state index is -1.62. The molecule has 9 nitrogen and oxygen atoms in total. The molecule has 0 aromatic rings. The fourth-order valence-electron chi connectivity index (χ4n) is 8.86. The molecule has 0 N–H and O–H groups in total. The number of hydrogen-bond acceptors (Lipinski definition) is 8.